The predicted octanol–water partition coefficient (Wildman–Crippen LogP) is 3.93. The first-order valence-electron chi connectivity index (χ1n) is 5.99. The van der Waals surface area contributed by atoms with Crippen LogP contribution in [0.5, 0.6) is 0 Å². The van der Waals surface area contributed by atoms with E-state index in [2.05, 4.69) is 22.9 Å². The molecule has 0 aromatic carbocycles. The maximum absolute atomic E-state index is 11.7. The first-order chi connectivity index (χ1) is 8.58. The van der Waals surface area contributed by atoms with Crippen LogP contribution in [0.3, 0.4) is 0 Å². The van der Waals surface area contributed by atoms with Crippen LogP contribution in [0.1, 0.15) is 39.5 Å². The van der Waals surface area contributed by atoms with E-state index >= 15 is 0 Å². The van der Waals surface area contributed by atoms with Gasteiger partial charge in [-0.1, -0.05) is 53.9 Å². The number of rotatable bonds is 6. The molecule has 1 atom stereocenters. The fourth-order valence-corrected chi connectivity index (χ4v) is 2.95. The summed E-state index contributed by atoms with van der Waals surface area (Å²) in [6, 6.07) is 0. The molecule has 1 aliphatic rings. The number of carbonyl (C=O) groups is 2. The van der Waals surface area contributed by atoms with Gasteiger partial charge in [0.15, 0.2) is 5.12 Å². The predicted molar refractivity (Wildman–Crippen MR) is 77.4 cm³/mol. The molecule has 0 aromatic heterocycles. The smallest absolute Gasteiger partial charge is 0.340 e. The zero-order valence-corrected chi connectivity index (χ0v) is 13.0. The Balaban J connectivity index is 2.75. The normalized spacial score (nSPS) is 18.7. The highest BCUT2D eigenvalue weighted by Crippen LogP contribution is 2.31. The van der Waals surface area contributed by atoms with Crippen LogP contribution in [0.15, 0.2) is 22.4 Å². The van der Waals surface area contributed by atoms with Gasteiger partial charge >= 0.3 is 5.97 Å². The molecule has 0 aromatic rings. The van der Waals surface area contributed by atoms with Crippen molar-refractivity contribution in [1.29, 1.82) is 0 Å². The molecular formula is C13H17BrO3S. The topological polar surface area (TPSA) is 43.4 Å². The van der Waals surface area contributed by atoms with Crippen LogP contribution in [0.2, 0.25) is 0 Å². The van der Waals surface area contributed by atoms with Crippen molar-refractivity contribution in [1.82, 2.24) is 0 Å². The Labute approximate surface area is 120 Å². The van der Waals surface area contributed by atoms with Crippen LogP contribution in [0.4, 0.5) is 0 Å². The van der Waals surface area contributed by atoms with Gasteiger partial charge in [-0.2, -0.15) is 0 Å². The Morgan fingerprint density at radius 2 is 2.28 bits per heavy atom. The van der Waals surface area contributed by atoms with Gasteiger partial charge in [0.25, 0.3) is 0 Å². The van der Waals surface area contributed by atoms with Gasteiger partial charge in [-0.25, -0.2) is 4.79 Å². The largest absolute Gasteiger partial charge is 0.423 e. The summed E-state index contributed by atoms with van der Waals surface area (Å²) in [5.74, 6) is 0.163. The third-order valence-electron chi connectivity index (χ3n) is 2.58. The molecule has 18 heavy (non-hydrogen) atoms. The summed E-state index contributed by atoms with van der Waals surface area (Å²) in [5, 5.41) is -0.0621. The third kappa shape index (κ3) is 4.61. The molecule has 1 rings (SSSR count). The molecule has 0 radical (unpaired) electrons. The lowest BCUT2D eigenvalue weighted by atomic mass is 10.1. The summed E-state index contributed by atoms with van der Waals surface area (Å²) in [4.78, 5) is 24.6. The lowest BCUT2D eigenvalue weighted by Gasteiger charge is -2.13. The van der Waals surface area contributed by atoms with Crippen LogP contribution in [0, 0.1) is 0 Å². The number of esters is 1. The average molecular weight is 333 g/mol. The number of halogens is 1. The molecule has 1 aliphatic heterocycles. The van der Waals surface area contributed by atoms with Crippen molar-refractivity contribution >= 4 is 38.8 Å². The number of thioether (sulfide) groups is 1. The third-order valence-corrected chi connectivity index (χ3v) is 4.13. The molecule has 0 fully saturated rings. The van der Waals surface area contributed by atoms with Gasteiger partial charge in [0.2, 0.25) is 0 Å². The molecule has 1 heterocycles. The first kappa shape index (κ1) is 15.5. The molecule has 0 amide bonds. The fourth-order valence-electron chi connectivity index (χ4n) is 1.74. The lowest BCUT2D eigenvalue weighted by molar-refractivity contribution is -0.133. The van der Waals surface area contributed by atoms with Crippen LogP contribution in [-0.4, -0.2) is 16.3 Å². The molecular weight excluding hydrogens is 316 g/mol. The summed E-state index contributed by atoms with van der Waals surface area (Å²) in [7, 11) is 0. The minimum atomic E-state index is -0.337. The maximum atomic E-state index is 11.7. The van der Waals surface area contributed by atoms with Gasteiger partial charge in [-0.3, -0.25) is 4.79 Å². The van der Waals surface area contributed by atoms with Crippen molar-refractivity contribution in [2.75, 3.05) is 0 Å². The van der Waals surface area contributed by atoms with E-state index in [4.69, 9.17) is 4.74 Å². The van der Waals surface area contributed by atoms with Crippen molar-refractivity contribution in [3.63, 3.8) is 0 Å². The summed E-state index contributed by atoms with van der Waals surface area (Å²) < 4.78 is 5.05. The number of hydrogen-bond donors (Lipinski definition) is 0. The van der Waals surface area contributed by atoms with Gasteiger partial charge in [0.05, 0.1) is 5.57 Å². The standard InChI is InChI=1S/C13H17BrO3S/c1-3-4-5-6-12(18-9(2)15)11-7-10(8-14)17-13(11)16/h7-8,12H,3-6H2,1-2H3/b10-8+. The number of ether oxygens (including phenoxy) is 1. The molecule has 0 saturated heterocycles. The Morgan fingerprint density at radius 1 is 1.56 bits per heavy atom. The van der Waals surface area contributed by atoms with E-state index < -0.39 is 0 Å². The van der Waals surface area contributed by atoms with E-state index in [1.807, 2.05) is 0 Å². The number of cyclic esters (lactones) is 1. The molecule has 0 aliphatic carbocycles. The second-order valence-corrected chi connectivity index (χ2v) is 5.93. The van der Waals surface area contributed by atoms with Crippen molar-refractivity contribution < 1.29 is 14.3 Å². The van der Waals surface area contributed by atoms with Gasteiger partial charge in [0, 0.05) is 17.2 Å². The van der Waals surface area contributed by atoms with Crippen molar-refractivity contribution in [2.45, 2.75) is 44.8 Å². The van der Waals surface area contributed by atoms with Gasteiger partial charge < -0.3 is 4.74 Å². The quantitative estimate of drug-likeness (QED) is 0.546. The second-order valence-electron chi connectivity index (χ2n) is 4.09. The molecule has 0 N–H and O–H groups in total. The minimum Gasteiger partial charge on any atom is -0.423 e. The molecule has 0 spiro atoms. The molecule has 3 nitrogen and oxygen atoms in total. The van der Waals surface area contributed by atoms with Crippen molar-refractivity contribution in [3.05, 3.63) is 22.4 Å². The first-order valence-corrected chi connectivity index (χ1v) is 7.79. The minimum absolute atomic E-state index is 0.0291. The van der Waals surface area contributed by atoms with Gasteiger partial charge in [-0.15, -0.1) is 0 Å². The molecule has 0 bridgehead atoms. The Hall–Kier alpha value is -0.550. The highest BCUT2D eigenvalue weighted by Gasteiger charge is 2.29. The van der Waals surface area contributed by atoms with Crippen LogP contribution in [-0.2, 0) is 14.3 Å². The molecule has 100 valence electrons. The number of carbonyl (C=O) groups excluding carboxylic acids is 2. The highest BCUT2D eigenvalue weighted by molar-refractivity contribution is 9.11. The fraction of sp³-hybridized carbons (Fsp3) is 0.538. The van der Waals surface area contributed by atoms with Crippen LogP contribution >= 0.6 is 27.7 Å². The zero-order chi connectivity index (χ0) is 13.5. The number of allylic oxidation sites excluding steroid dienone is 1. The van der Waals surface area contributed by atoms with Gasteiger partial charge in [-0.05, 0) is 12.5 Å². The average Bonchev–Trinajstić information content (AvgIpc) is 2.69. The summed E-state index contributed by atoms with van der Waals surface area (Å²) in [6.45, 7) is 3.65. The Kier molecular flexibility index (Phi) is 6.71. The maximum Gasteiger partial charge on any atom is 0.340 e. The lowest BCUT2D eigenvalue weighted by Crippen LogP contribution is -2.14. The van der Waals surface area contributed by atoms with E-state index in [1.165, 1.54) is 18.7 Å². The zero-order valence-electron chi connectivity index (χ0n) is 10.6. The van der Waals surface area contributed by atoms with Crippen LogP contribution < -0.4 is 0 Å². The highest BCUT2D eigenvalue weighted by atomic mass is 79.9. The van der Waals surface area contributed by atoms with Crippen molar-refractivity contribution in [2.24, 2.45) is 0 Å². The van der Waals surface area contributed by atoms with E-state index in [1.54, 1.807) is 11.1 Å². The molecule has 5 heteroatoms. The van der Waals surface area contributed by atoms with E-state index in [9.17, 15) is 9.59 Å². The monoisotopic (exact) mass is 332 g/mol. The molecule has 0 saturated carbocycles. The van der Waals surface area contributed by atoms with E-state index in [0.29, 0.717) is 11.3 Å². The Morgan fingerprint density at radius 3 is 2.78 bits per heavy atom. The second kappa shape index (κ2) is 7.79. The van der Waals surface area contributed by atoms with E-state index in [0.717, 1.165) is 25.7 Å². The number of unbranched alkanes of at least 4 members (excludes halogenated alkanes) is 2. The number of hydrogen-bond acceptors (Lipinski definition) is 4. The summed E-state index contributed by atoms with van der Waals surface area (Å²) >= 11 is 4.35. The van der Waals surface area contributed by atoms with Crippen molar-refractivity contribution in [3.8, 4) is 0 Å². The van der Waals surface area contributed by atoms with Gasteiger partial charge in [0.1, 0.15) is 5.76 Å². The summed E-state index contributed by atoms with van der Waals surface area (Å²) in [6.07, 6.45) is 5.78. The van der Waals surface area contributed by atoms with E-state index in [-0.39, 0.29) is 16.3 Å². The SMILES string of the molecule is CCCCCC(SC(C)=O)C1=C/C(=C\Br)OC1=O. The Bertz CT molecular complexity index is 388. The van der Waals surface area contributed by atoms with Crippen LogP contribution in [0.25, 0.3) is 0 Å². The molecule has 1 unspecified atom stereocenters. The summed E-state index contributed by atoms with van der Waals surface area (Å²) in [5.41, 5.74) is 0.594.